The molecule has 2 amide bonds. The highest BCUT2D eigenvalue weighted by Gasteiger charge is 2.23. The highest BCUT2D eigenvalue weighted by atomic mass is 35.5. The van der Waals surface area contributed by atoms with Gasteiger partial charge in [-0.25, -0.2) is 0 Å². The molecule has 0 N–H and O–H groups in total. The second kappa shape index (κ2) is 15.2. The van der Waals surface area contributed by atoms with Crippen LogP contribution in [0.1, 0.15) is 29.8 Å². The zero-order chi connectivity index (χ0) is 28.3. The first-order valence-electron chi connectivity index (χ1n) is 13.8. The Morgan fingerprint density at radius 2 is 1.60 bits per heavy atom. The van der Waals surface area contributed by atoms with Gasteiger partial charge in [-0.1, -0.05) is 41.9 Å². The van der Waals surface area contributed by atoms with Gasteiger partial charge in [0.15, 0.2) is 0 Å². The van der Waals surface area contributed by atoms with Crippen molar-refractivity contribution in [3.8, 4) is 0 Å². The van der Waals surface area contributed by atoms with Crippen molar-refractivity contribution in [2.45, 2.75) is 31.3 Å². The number of carbonyl (C=O) groups excluding carboxylic acids is 2. The molecule has 3 aromatic rings. The fourth-order valence-electron chi connectivity index (χ4n) is 4.60. The summed E-state index contributed by atoms with van der Waals surface area (Å²) in [5, 5.41) is 0.755. The number of piperazine rings is 1. The number of anilines is 1. The molecule has 0 atom stereocenters. The maximum absolute atomic E-state index is 13.2. The van der Waals surface area contributed by atoms with Crippen molar-refractivity contribution >= 4 is 40.9 Å². The van der Waals surface area contributed by atoms with E-state index in [4.69, 9.17) is 16.3 Å². The predicted molar refractivity (Wildman–Crippen MR) is 165 cm³/mol. The number of thioether (sulfide) groups is 1. The average Bonchev–Trinajstić information content (AvgIpc) is 2.98. The minimum atomic E-state index is 0.00927. The summed E-state index contributed by atoms with van der Waals surface area (Å²) in [6, 6.07) is 25.3. The van der Waals surface area contributed by atoms with E-state index in [0.717, 1.165) is 41.7 Å². The smallest absolute Gasteiger partial charge is 0.253 e. The van der Waals surface area contributed by atoms with Crippen LogP contribution in [-0.2, 0) is 16.0 Å². The van der Waals surface area contributed by atoms with Crippen molar-refractivity contribution in [2.24, 2.45) is 0 Å². The summed E-state index contributed by atoms with van der Waals surface area (Å²) in [5.41, 5.74) is 2.68. The highest BCUT2D eigenvalue weighted by molar-refractivity contribution is 8.00. The van der Waals surface area contributed by atoms with Crippen molar-refractivity contribution in [3.63, 3.8) is 0 Å². The van der Waals surface area contributed by atoms with Crippen LogP contribution in [0.25, 0.3) is 0 Å². The van der Waals surface area contributed by atoms with Crippen LogP contribution in [0.4, 0.5) is 5.69 Å². The molecule has 8 heteroatoms. The highest BCUT2D eigenvalue weighted by Crippen LogP contribution is 2.22. The lowest BCUT2D eigenvalue weighted by Gasteiger charge is -2.35. The van der Waals surface area contributed by atoms with Gasteiger partial charge in [0.05, 0.1) is 18.5 Å². The molecule has 0 unspecified atom stereocenters. The van der Waals surface area contributed by atoms with E-state index in [-0.39, 0.29) is 17.9 Å². The van der Waals surface area contributed by atoms with Gasteiger partial charge in [-0.3, -0.25) is 14.5 Å². The monoisotopic (exact) mass is 579 g/mol. The van der Waals surface area contributed by atoms with Crippen molar-refractivity contribution in [2.75, 3.05) is 56.5 Å². The topological polar surface area (TPSA) is 53.1 Å². The Labute approximate surface area is 247 Å². The molecule has 1 saturated heterocycles. The summed E-state index contributed by atoms with van der Waals surface area (Å²) in [6.45, 7) is 8.95. The first kappa shape index (κ1) is 30.1. The average molecular weight is 580 g/mol. The third-order valence-electron chi connectivity index (χ3n) is 6.89. The second-order valence-corrected chi connectivity index (χ2v) is 11.6. The fourth-order valence-corrected chi connectivity index (χ4v) is 5.52. The normalized spacial score (nSPS) is 13.9. The Bertz CT molecular complexity index is 1210. The standard InChI is InChI=1S/C32H38ClN3O3S/c1-25(2)39-23-22-36(31(37)24-40-30-6-4-3-5-7-30)29-14-10-27(11-15-29)32(38)35-20-18-34(19-21-35)17-16-26-8-12-28(33)13-9-26/h3-15,25H,16-24H2,1-2H3. The Morgan fingerprint density at radius 1 is 0.925 bits per heavy atom. The lowest BCUT2D eigenvalue weighted by Crippen LogP contribution is -2.49. The summed E-state index contributed by atoms with van der Waals surface area (Å²) in [4.78, 5) is 33.6. The number of ether oxygens (including phenoxy) is 1. The Balaban J connectivity index is 1.31. The molecule has 0 radical (unpaired) electrons. The quantitative estimate of drug-likeness (QED) is 0.250. The maximum Gasteiger partial charge on any atom is 0.253 e. The zero-order valence-corrected chi connectivity index (χ0v) is 24.9. The lowest BCUT2D eigenvalue weighted by molar-refractivity contribution is -0.116. The molecule has 0 aliphatic carbocycles. The molecule has 0 bridgehead atoms. The largest absolute Gasteiger partial charge is 0.377 e. The first-order chi connectivity index (χ1) is 19.4. The third-order valence-corrected chi connectivity index (χ3v) is 8.14. The minimum absolute atomic E-state index is 0.00927. The van der Waals surface area contributed by atoms with Crippen molar-refractivity contribution in [1.82, 2.24) is 9.80 Å². The number of rotatable bonds is 12. The molecule has 0 spiro atoms. The fraction of sp³-hybridized carbons (Fsp3) is 0.375. The number of halogens is 1. The van der Waals surface area contributed by atoms with E-state index in [0.29, 0.717) is 37.6 Å². The van der Waals surface area contributed by atoms with E-state index in [1.165, 1.54) is 17.3 Å². The van der Waals surface area contributed by atoms with Gasteiger partial charge in [-0.2, -0.15) is 0 Å². The number of hydrogen-bond acceptors (Lipinski definition) is 5. The number of benzene rings is 3. The van der Waals surface area contributed by atoms with Crippen LogP contribution >= 0.6 is 23.4 Å². The van der Waals surface area contributed by atoms with Gasteiger partial charge in [-0.15, -0.1) is 11.8 Å². The summed E-state index contributed by atoms with van der Waals surface area (Å²) in [6.07, 6.45) is 1.06. The van der Waals surface area contributed by atoms with Gasteiger partial charge >= 0.3 is 0 Å². The lowest BCUT2D eigenvalue weighted by atomic mass is 10.1. The van der Waals surface area contributed by atoms with E-state index in [1.807, 2.05) is 85.5 Å². The molecular formula is C32H38ClN3O3S. The van der Waals surface area contributed by atoms with Crippen LogP contribution in [-0.4, -0.2) is 79.3 Å². The van der Waals surface area contributed by atoms with Crippen molar-refractivity contribution in [1.29, 1.82) is 0 Å². The molecular weight excluding hydrogens is 542 g/mol. The van der Waals surface area contributed by atoms with E-state index < -0.39 is 0 Å². The molecule has 1 aliphatic heterocycles. The molecule has 0 saturated carbocycles. The van der Waals surface area contributed by atoms with Gasteiger partial charge in [-0.05, 0) is 74.4 Å². The molecule has 4 rings (SSSR count). The van der Waals surface area contributed by atoms with Crippen LogP contribution in [0.2, 0.25) is 5.02 Å². The van der Waals surface area contributed by atoms with Gasteiger partial charge in [0.1, 0.15) is 0 Å². The SMILES string of the molecule is CC(C)OCCN(C(=O)CSc1ccccc1)c1ccc(C(=O)N2CCN(CCc3ccc(Cl)cc3)CC2)cc1. The van der Waals surface area contributed by atoms with E-state index in [2.05, 4.69) is 17.0 Å². The van der Waals surface area contributed by atoms with Gasteiger partial charge in [0.2, 0.25) is 5.91 Å². The summed E-state index contributed by atoms with van der Waals surface area (Å²) < 4.78 is 5.73. The van der Waals surface area contributed by atoms with Crippen LogP contribution in [0.5, 0.6) is 0 Å². The Hall–Kier alpha value is -2.84. The number of amides is 2. The first-order valence-corrected chi connectivity index (χ1v) is 15.2. The maximum atomic E-state index is 13.2. The van der Waals surface area contributed by atoms with Crippen LogP contribution in [0.3, 0.4) is 0 Å². The van der Waals surface area contributed by atoms with Gasteiger partial charge in [0, 0.05) is 60.4 Å². The van der Waals surface area contributed by atoms with E-state index in [9.17, 15) is 9.59 Å². The number of nitrogens with zero attached hydrogens (tertiary/aromatic N) is 3. The van der Waals surface area contributed by atoms with Gasteiger partial charge < -0.3 is 14.5 Å². The molecule has 1 heterocycles. The molecule has 3 aromatic carbocycles. The zero-order valence-electron chi connectivity index (χ0n) is 23.3. The summed E-state index contributed by atoms with van der Waals surface area (Å²) in [5.74, 6) is 0.369. The van der Waals surface area contributed by atoms with E-state index in [1.54, 1.807) is 4.90 Å². The molecule has 40 heavy (non-hydrogen) atoms. The van der Waals surface area contributed by atoms with Crippen molar-refractivity contribution < 1.29 is 14.3 Å². The molecule has 212 valence electrons. The number of carbonyl (C=O) groups is 2. The number of hydrogen-bond donors (Lipinski definition) is 0. The summed E-state index contributed by atoms with van der Waals surface area (Å²) in [7, 11) is 0. The van der Waals surface area contributed by atoms with Crippen molar-refractivity contribution in [3.05, 3.63) is 95.0 Å². The van der Waals surface area contributed by atoms with Crippen LogP contribution < -0.4 is 4.90 Å². The van der Waals surface area contributed by atoms with E-state index >= 15 is 0 Å². The van der Waals surface area contributed by atoms with Crippen LogP contribution in [0.15, 0.2) is 83.8 Å². The van der Waals surface area contributed by atoms with Crippen LogP contribution in [0, 0.1) is 0 Å². The minimum Gasteiger partial charge on any atom is -0.377 e. The third kappa shape index (κ3) is 9.10. The second-order valence-electron chi connectivity index (χ2n) is 10.1. The molecule has 1 aliphatic rings. The van der Waals surface area contributed by atoms with Gasteiger partial charge in [0.25, 0.3) is 5.91 Å². The Kier molecular flexibility index (Phi) is 11.5. The molecule has 1 fully saturated rings. The predicted octanol–water partition coefficient (Wildman–Crippen LogP) is 5.89. The Morgan fingerprint density at radius 3 is 2.25 bits per heavy atom. The summed E-state index contributed by atoms with van der Waals surface area (Å²) >= 11 is 7.51. The molecule has 0 aromatic heterocycles. The molecule has 6 nitrogen and oxygen atoms in total.